The van der Waals surface area contributed by atoms with Crippen molar-refractivity contribution >= 4 is 47.8 Å². The number of nitroso groups, excluding NO2 is 2. The van der Waals surface area contributed by atoms with Gasteiger partial charge in [0.05, 0.1) is 11.9 Å². The molecule has 0 radical (unpaired) electrons. The fraction of sp³-hybridized carbons (Fsp3) is 0. The molecule has 7 N–H and O–H groups in total. The Balaban J connectivity index is -0.000000374. The van der Waals surface area contributed by atoms with Crippen LogP contribution in [0.5, 0.6) is 0 Å². The van der Waals surface area contributed by atoms with Crippen molar-refractivity contribution in [2.45, 2.75) is 0 Å². The smallest absolute Gasteiger partial charge is 0.418 e. The molecular weight excluding hydrogens is 526 g/mol. The summed E-state index contributed by atoms with van der Waals surface area (Å²) < 4.78 is 48.4. The van der Waals surface area contributed by atoms with Gasteiger partial charge in [-0.3, -0.25) is 9.97 Å². The molecule has 172 valence electrons. The summed E-state index contributed by atoms with van der Waals surface area (Å²) in [5, 5.41) is 1.00. The molecule has 4 heterocycles. The Kier molecular flexibility index (Phi) is 16.0. The van der Waals surface area contributed by atoms with Crippen LogP contribution >= 0.6 is 12.4 Å². The number of oxazole rings is 2. The van der Waals surface area contributed by atoms with Gasteiger partial charge < -0.3 is 38.0 Å². The molecule has 0 fully saturated rings. The van der Waals surface area contributed by atoms with E-state index in [0.717, 1.165) is 5.04 Å². The van der Waals surface area contributed by atoms with Crippen molar-refractivity contribution in [2.75, 3.05) is 5.73 Å². The summed E-state index contributed by atoms with van der Waals surface area (Å²) in [6.07, 6.45) is 3.04. The second-order valence-electron chi connectivity index (χ2n) is 4.56. The largest absolute Gasteiger partial charge is 0.673 e. The second-order valence-corrected chi connectivity index (χ2v) is 4.56. The molecule has 0 aromatic carbocycles. The molecule has 4 aromatic heterocycles. The number of halogens is 5. The number of aromatic nitrogens is 4. The Hall–Kier alpha value is -3.39. The third-order valence-corrected chi connectivity index (χ3v) is 2.49. The summed E-state index contributed by atoms with van der Waals surface area (Å²) in [5.74, 6) is -0.980. The first-order chi connectivity index (χ1) is 13.5. The number of hydrogen-bond donors (Lipinski definition) is 4. The fourth-order valence-corrected chi connectivity index (χ4v) is 1.64. The molecule has 0 atom stereocenters. The molecule has 0 spiro atoms. The number of anilines is 1. The zero-order valence-corrected chi connectivity index (χ0v) is 19.5. The first-order valence-corrected chi connectivity index (χ1v) is 7.04. The van der Waals surface area contributed by atoms with Crippen molar-refractivity contribution in [3.05, 3.63) is 61.5 Å². The van der Waals surface area contributed by atoms with Crippen molar-refractivity contribution < 1.29 is 45.6 Å². The molecule has 4 aromatic rings. The number of nitrogens with two attached hydrogens (primary N) is 1. The van der Waals surface area contributed by atoms with Gasteiger partial charge >= 0.3 is 23.8 Å². The van der Waals surface area contributed by atoms with E-state index in [2.05, 4.69) is 19.9 Å². The van der Waals surface area contributed by atoms with Crippen LogP contribution in [0.4, 0.5) is 23.0 Å². The van der Waals surface area contributed by atoms with Crippen molar-refractivity contribution in [3.63, 3.8) is 0 Å². The molecule has 0 aliphatic rings. The zero-order chi connectivity index (χ0) is 22.0. The molecule has 13 nitrogen and oxygen atoms in total. The summed E-state index contributed by atoms with van der Waals surface area (Å²) >= 11 is 0. The van der Waals surface area contributed by atoms with Crippen LogP contribution in [0, 0.1) is 9.81 Å². The minimum atomic E-state index is -6.00. The van der Waals surface area contributed by atoms with Gasteiger partial charge in [-0.25, -0.2) is 19.6 Å². The molecule has 0 amide bonds. The number of fused-ring (bicyclic) bond motifs is 2. The number of nitrogens with one attached hydrogen (secondary N) is 2. The molecular formula is C12H13BClF4N7O6Zn. The zero-order valence-electron chi connectivity index (χ0n) is 15.7. The predicted octanol–water partition coefficient (Wildman–Crippen LogP) is 2.08. The molecule has 0 aliphatic heterocycles. The van der Waals surface area contributed by atoms with Crippen molar-refractivity contribution in [2.24, 2.45) is 0 Å². The van der Waals surface area contributed by atoms with E-state index in [1.165, 1.54) is 6.20 Å². The van der Waals surface area contributed by atoms with Crippen LogP contribution in [0.15, 0.2) is 49.0 Å². The standard InChI is InChI=1S/C6H5N3O2.C6H4N2O2.BF4.ClH.NO2.H3N.Zn/c7-3-1-4-5(8-2-3)9-6(10)11-4;9-6-8-5-4(10-6)2-1-3-7-5;2-1(3,4)5;;2-1-3;;/h1-2H,7H2,(H,8,9,10);1-3H,(H,7,8,9);;1H;;1H3;/q;;-1;;+1;;. The number of nitrogen functional groups attached to an aromatic ring is 1. The Morgan fingerprint density at radius 1 is 0.969 bits per heavy atom. The van der Waals surface area contributed by atoms with E-state index in [0.29, 0.717) is 28.1 Å². The molecule has 0 unspecified atom stereocenters. The van der Waals surface area contributed by atoms with Gasteiger partial charge in [-0.2, -0.15) is 0 Å². The van der Waals surface area contributed by atoms with Crippen LogP contribution in [0.25, 0.3) is 22.5 Å². The minimum Gasteiger partial charge on any atom is -0.418 e. The molecule has 4 rings (SSSR count). The number of rotatable bonds is 0. The molecule has 0 saturated carbocycles. The van der Waals surface area contributed by atoms with Crippen LogP contribution in [-0.4, -0.2) is 27.2 Å². The van der Waals surface area contributed by atoms with E-state index in [4.69, 9.17) is 24.4 Å². The maximum atomic E-state index is 10.6. The quantitative estimate of drug-likeness (QED) is 0.145. The van der Waals surface area contributed by atoms with Gasteiger partial charge in [-0.05, 0) is 12.1 Å². The van der Waals surface area contributed by atoms with E-state index in [-0.39, 0.29) is 38.0 Å². The molecule has 0 bridgehead atoms. The number of H-pyrrole nitrogens is 2. The molecule has 32 heavy (non-hydrogen) atoms. The molecule has 0 saturated heterocycles. The fourth-order valence-electron chi connectivity index (χ4n) is 1.64. The number of nitrogens with zero attached hydrogens (tertiary/aromatic N) is 3. The Labute approximate surface area is 192 Å². The summed E-state index contributed by atoms with van der Waals surface area (Å²) in [7, 11) is -6.00. The number of aromatic amines is 2. The summed E-state index contributed by atoms with van der Waals surface area (Å²) in [5.41, 5.74) is 7.66. The van der Waals surface area contributed by atoms with Crippen LogP contribution in [0.2, 0.25) is 0 Å². The number of hydrogen-bond acceptors (Lipinski definition) is 10. The van der Waals surface area contributed by atoms with E-state index in [9.17, 15) is 26.9 Å². The summed E-state index contributed by atoms with van der Waals surface area (Å²) in [6.45, 7) is 0. The SMILES string of the molecule is Cl.F[B-](F)(F)F.N.Nc1cnc2[nH]c(=O)oc2c1.O=[N+]=O.O=c1[nH]c2ncccc2o1.[Zn]. The summed E-state index contributed by atoms with van der Waals surface area (Å²) in [4.78, 5) is 49.6. The van der Waals surface area contributed by atoms with Crippen molar-refractivity contribution in [3.8, 4) is 0 Å². The monoisotopic (exact) mass is 537 g/mol. The van der Waals surface area contributed by atoms with Crippen LogP contribution in [0.1, 0.15) is 0 Å². The first-order valence-electron chi connectivity index (χ1n) is 7.04. The van der Waals surface area contributed by atoms with Gasteiger partial charge in [0.2, 0.25) is 9.81 Å². The van der Waals surface area contributed by atoms with Crippen LogP contribution in [-0.2, 0) is 19.5 Å². The van der Waals surface area contributed by atoms with Gasteiger partial charge in [0, 0.05) is 31.7 Å². The topological polar surface area (TPSA) is 227 Å². The van der Waals surface area contributed by atoms with E-state index >= 15 is 0 Å². The van der Waals surface area contributed by atoms with Crippen LogP contribution in [0.3, 0.4) is 0 Å². The Bertz CT molecular complexity index is 1180. The van der Waals surface area contributed by atoms with Gasteiger partial charge in [-0.1, -0.05) is 0 Å². The third kappa shape index (κ3) is 13.0. The minimum absolute atomic E-state index is 0. The van der Waals surface area contributed by atoms with Gasteiger partial charge in [-0.15, -0.1) is 12.4 Å². The van der Waals surface area contributed by atoms with Gasteiger partial charge in [0.1, 0.15) is 0 Å². The van der Waals surface area contributed by atoms with Crippen molar-refractivity contribution in [1.29, 1.82) is 0 Å². The maximum Gasteiger partial charge on any atom is 0.673 e. The van der Waals surface area contributed by atoms with Crippen molar-refractivity contribution in [1.82, 2.24) is 31.1 Å². The number of pyridine rings is 2. The Morgan fingerprint density at radius 2 is 1.41 bits per heavy atom. The summed E-state index contributed by atoms with van der Waals surface area (Å²) in [6, 6.07) is 4.93. The average molecular weight is 539 g/mol. The maximum absolute atomic E-state index is 10.6. The Morgan fingerprint density at radius 3 is 1.88 bits per heavy atom. The second kappa shape index (κ2) is 15.4. The average Bonchev–Trinajstić information content (AvgIpc) is 3.14. The normalized spacial score (nSPS) is 9.00. The predicted molar refractivity (Wildman–Crippen MR) is 105 cm³/mol. The van der Waals surface area contributed by atoms with Gasteiger partial charge in [0.15, 0.2) is 22.5 Å². The first kappa shape index (κ1) is 33.3. The van der Waals surface area contributed by atoms with E-state index in [1.807, 2.05) is 0 Å². The van der Waals surface area contributed by atoms with Crippen LogP contribution < -0.4 is 28.4 Å². The van der Waals surface area contributed by atoms with Gasteiger partial charge in [0.25, 0.3) is 0 Å². The van der Waals surface area contributed by atoms with E-state index in [1.54, 1.807) is 24.4 Å². The molecule has 20 heteroatoms. The third-order valence-electron chi connectivity index (χ3n) is 2.49. The molecule has 0 aliphatic carbocycles. The van der Waals surface area contributed by atoms with E-state index < -0.39 is 18.8 Å².